The molecular weight excluding hydrogens is 424 g/mol. The van der Waals surface area contributed by atoms with Crippen LogP contribution in [0.2, 0.25) is 5.02 Å². The van der Waals surface area contributed by atoms with E-state index in [0.717, 1.165) is 46.1 Å². The number of thiophene rings is 1. The molecule has 0 aliphatic heterocycles. The lowest BCUT2D eigenvalue weighted by Gasteiger charge is -2.11. The van der Waals surface area contributed by atoms with Crippen LogP contribution in [0.15, 0.2) is 29.4 Å². The van der Waals surface area contributed by atoms with E-state index in [-0.39, 0.29) is 5.78 Å². The lowest BCUT2D eigenvalue weighted by molar-refractivity contribution is 0.102. The van der Waals surface area contributed by atoms with Gasteiger partial charge in [-0.1, -0.05) is 30.3 Å². The molecule has 148 valence electrons. The number of rotatable bonds is 5. The number of halogens is 1. The van der Waals surface area contributed by atoms with Crippen LogP contribution in [-0.2, 0) is 19.3 Å². The number of hydrogen-bond acceptors (Lipinski definition) is 6. The zero-order chi connectivity index (χ0) is 20.0. The predicted molar refractivity (Wildman–Crippen MR) is 119 cm³/mol. The molecule has 0 N–H and O–H groups in total. The molecular formula is C21H19ClN4OS2. The summed E-state index contributed by atoms with van der Waals surface area (Å²) in [6.07, 6.45) is 5.47. The molecule has 0 saturated heterocycles. The Labute approximate surface area is 181 Å². The maximum absolute atomic E-state index is 12.6. The van der Waals surface area contributed by atoms with Gasteiger partial charge in [-0.3, -0.25) is 9.20 Å². The Morgan fingerprint density at radius 1 is 1.21 bits per heavy atom. The second-order valence-corrected chi connectivity index (χ2v) is 9.60. The Morgan fingerprint density at radius 3 is 2.79 bits per heavy atom. The second kappa shape index (κ2) is 7.70. The molecule has 0 amide bonds. The summed E-state index contributed by atoms with van der Waals surface area (Å²) >= 11 is 9.14. The van der Waals surface area contributed by atoms with Gasteiger partial charge in [0.1, 0.15) is 10.7 Å². The first-order valence-electron chi connectivity index (χ1n) is 9.75. The van der Waals surface area contributed by atoms with E-state index >= 15 is 0 Å². The number of aryl methyl sites for hydroxylation is 3. The number of hydrogen-bond donors (Lipinski definition) is 0. The molecule has 5 rings (SSSR count). The molecule has 29 heavy (non-hydrogen) atoms. The molecule has 5 nitrogen and oxygen atoms in total. The molecule has 1 aliphatic carbocycles. The Morgan fingerprint density at radius 2 is 2.00 bits per heavy atom. The molecule has 0 bridgehead atoms. The third-order valence-electron chi connectivity index (χ3n) is 5.31. The number of Topliss-reactive ketones (excluding diaryl/α,β-unsaturated/α-hetero) is 1. The summed E-state index contributed by atoms with van der Waals surface area (Å²) in [6.45, 7) is 2.09. The number of benzene rings is 1. The van der Waals surface area contributed by atoms with E-state index in [1.165, 1.54) is 35.0 Å². The van der Waals surface area contributed by atoms with Crippen LogP contribution in [0.5, 0.6) is 0 Å². The summed E-state index contributed by atoms with van der Waals surface area (Å²) in [4.78, 5) is 20.0. The molecule has 1 aromatic carbocycles. The van der Waals surface area contributed by atoms with Crippen molar-refractivity contribution in [1.82, 2.24) is 19.6 Å². The van der Waals surface area contributed by atoms with Gasteiger partial charge in [-0.2, -0.15) is 0 Å². The summed E-state index contributed by atoms with van der Waals surface area (Å²) in [7, 11) is 0. The Hall–Kier alpha value is -1.96. The minimum absolute atomic E-state index is 0.0448. The predicted octanol–water partition coefficient (Wildman–Crippen LogP) is 5.41. The van der Waals surface area contributed by atoms with Crippen molar-refractivity contribution in [2.45, 2.75) is 44.2 Å². The standard InChI is InChI=1S/C21H19ClN4OS2/c1-2-17-23-20-18(14-5-3-4-6-16(14)29-20)19-24-25-21(26(17)19)28-11-15(27)12-7-9-13(22)10-8-12/h7-10H,2-6,11H2,1H3. The molecule has 4 aromatic rings. The molecule has 0 fully saturated rings. The summed E-state index contributed by atoms with van der Waals surface area (Å²) in [6, 6.07) is 6.99. The van der Waals surface area contributed by atoms with Crippen molar-refractivity contribution in [3.63, 3.8) is 0 Å². The average Bonchev–Trinajstić information content (AvgIpc) is 3.32. The fraction of sp³-hybridized carbons (Fsp3) is 0.333. The van der Waals surface area contributed by atoms with Crippen molar-refractivity contribution >= 4 is 56.3 Å². The van der Waals surface area contributed by atoms with Crippen molar-refractivity contribution in [1.29, 1.82) is 0 Å². The molecule has 3 heterocycles. The van der Waals surface area contributed by atoms with Crippen LogP contribution in [0.1, 0.15) is 46.4 Å². The van der Waals surface area contributed by atoms with Crippen molar-refractivity contribution in [2.75, 3.05) is 5.75 Å². The van der Waals surface area contributed by atoms with E-state index in [1.54, 1.807) is 35.6 Å². The Balaban J connectivity index is 1.53. The van der Waals surface area contributed by atoms with Gasteiger partial charge in [-0.05, 0) is 55.5 Å². The number of nitrogens with zero attached hydrogens (tertiary/aromatic N) is 4. The maximum atomic E-state index is 12.6. The number of carbonyl (C=O) groups is 1. The maximum Gasteiger partial charge on any atom is 0.197 e. The van der Waals surface area contributed by atoms with Gasteiger partial charge in [0, 0.05) is 21.9 Å². The summed E-state index contributed by atoms with van der Waals surface area (Å²) < 4.78 is 2.05. The topological polar surface area (TPSA) is 60.2 Å². The smallest absolute Gasteiger partial charge is 0.197 e. The lowest BCUT2D eigenvalue weighted by Crippen LogP contribution is -2.05. The first-order valence-corrected chi connectivity index (χ1v) is 11.9. The summed E-state index contributed by atoms with van der Waals surface area (Å²) in [5.74, 6) is 1.28. The minimum atomic E-state index is 0.0448. The van der Waals surface area contributed by atoms with Gasteiger partial charge in [-0.15, -0.1) is 21.5 Å². The first kappa shape index (κ1) is 19.0. The highest BCUT2D eigenvalue weighted by molar-refractivity contribution is 7.99. The fourth-order valence-electron chi connectivity index (χ4n) is 3.87. The molecule has 0 atom stereocenters. The van der Waals surface area contributed by atoms with Crippen molar-refractivity contribution in [3.8, 4) is 0 Å². The van der Waals surface area contributed by atoms with E-state index in [0.29, 0.717) is 16.3 Å². The van der Waals surface area contributed by atoms with Gasteiger partial charge in [-0.25, -0.2) is 4.98 Å². The summed E-state index contributed by atoms with van der Waals surface area (Å²) in [5.41, 5.74) is 2.93. The number of aromatic nitrogens is 4. The van der Waals surface area contributed by atoms with Gasteiger partial charge in [0.25, 0.3) is 0 Å². The number of thioether (sulfide) groups is 1. The van der Waals surface area contributed by atoms with E-state index < -0.39 is 0 Å². The van der Waals surface area contributed by atoms with Crippen LogP contribution >= 0.6 is 34.7 Å². The van der Waals surface area contributed by atoms with Gasteiger partial charge < -0.3 is 0 Å². The summed E-state index contributed by atoms with van der Waals surface area (Å²) in [5, 5.41) is 11.5. The SMILES string of the molecule is CCc1nc2sc3c(c2c2nnc(SCC(=O)c4ccc(Cl)cc4)n12)CCCC3. The van der Waals surface area contributed by atoms with Crippen LogP contribution in [0.3, 0.4) is 0 Å². The molecule has 3 aromatic heterocycles. The van der Waals surface area contributed by atoms with E-state index in [2.05, 4.69) is 17.1 Å². The molecule has 1 aliphatic rings. The highest BCUT2D eigenvalue weighted by atomic mass is 35.5. The Bertz CT molecular complexity index is 1230. The van der Waals surface area contributed by atoms with Crippen LogP contribution < -0.4 is 0 Å². The monoisotopic (exact) mass is 442 g/mol. The van der Waals surface area contributed by atoms with E-state index in [1.807, 2.05) is 4.40 Å². The number of carbonyl (C=O) groups excluding carboxylic acids is 1. The first-order chi connectivity index (χ1) is 14.2. The fourth-order valence-corrected chi connectivity index (χ4v) is 6.12. The van der Waals surface area contributed by atoms with Gasteiger partial charge in [0.05, 0.1) is 11.1 Å². The molecule has 0 spiro atoms. The van der Waals surface area contributed by atoms with Crippen LogP contribution in [0.4, 0.5) is 0 Å². The molecule has 0 radical (unpaired) electrons. The van der Waals surface area contributed by atoms with Gasteiger partial charge >= 0.3 is 0 Å². The van der Waals surface area contributed by atoms with Crippen molar-refractivity contribution in [3.05, 3.63) is 51.1 Å². The van der Waals surface area contributed by atoms with Crippen LogP contribution in [0.25, 0.3) is 15.9 Å². The lowest BCUT2D eigenvalue weighted by atomic mass is 9.97. The number of ketones is 1. The quantitative estimate of drug-likeness (QED) is 0.305. The van der Waals surface area contributed by atoms with E-state index in [9.17, 15) is 4.79 Å². The molecule has 8 heteroatoms. The third kappa shape index (κ3) is 3.35. The second-order valence-electron chi connectivity index (χ2n) is 7.13. The average molecular weight is 443 g/mol. The minimum Gasteiger partial charge on any atom is -0.293 e. The van der Waals surface area contributed by atoms with Gasteiger partial charge in [0.2, 0.25) is 0 Å². The highest BCUT2D eigenvalue weighted by Crippen LogP contribution is 2.38. The molecule has 0 unspecified atom stereocenters. The zero-order valence-corrected chi connectivity index (χ0v) is 18.3. The molecule has 0 saturated carbocycles. The van der Waals surface area contributed by atoms with Crippen LogP contribution in [-0.4, -0.2) is 31.1 Å². The number of fused-ring (bicyclic) bond motifs is 5. The zero-order valence-electron chi connectivity index (χ0n) is 15.9. The van der Waals surface area contributed by atoms with Crippen molar-refractivity contribution in [2.24, 2.45) is 0 Å². The Kier molecular flexibility index (Phi) is 5.05. The normalized spacial score (nSPS) is 13.9. The largest absolute Gasteiger partial charge is 0.293 e. The van der Waals surface area contributed by atoms with Crippen molar-refractivity contribution < 1.29 is 4.79 Å². The highest BCUT2D eigenvalue weighted by Gasteiger charge is 2.23. The van der Waals surface area contributed by atoms with Crippen LogP contribution in [0, 0.1) is 0 Å². The van der Waals surface area contributed by atoms with E-state index in [4.69, 9.17) is 16.6 Å². The third-order valence-corrected chi connectivity index (χ3v) is 7.68. The van der Waals surface area contributed by atoms with Gasteiger partial charge in [0.15, 0.2) is 16.6 Å².